The second kappa shape index (κ2) is 9.65. The number of nitrogens with one attached hydrogen (secondary N) is 1. The third-order valence-electron chi connectivity index (χ3n) is 4.58. The van der Waals surface area contributed by atoms with Crippen molar-refractivity contribution in [3.05, 3.63) is 35.2 Å². The van der Waals surface area contributed by atoms with Crippen molar-refractivity contribution < 1.29 is 23.8 Å². The molecule has 1 amide bonds. The van der Waals surface area contributed by atoms with E-state index in [0.717, 1.165) is 5.69 Å². The lowest BCUT2D eigenvalue weighted by atomic mass is 10.1. The molecule has 0 radical (unpaired) electrons. The molecule has 2 heterocycles. The maximum Gasteiger partial charge on any atom is 0.310 e. The number of anilines is 1. The van der Waals surface area contributed by atoms with Crippen LogP contribution in [-0.4, -0.2) is 58.5 Å². The minimum Gasteiger partial charge on any atom is -0.497 e. The molecule has 0 unspecified atom stereocenters. The van der Waals surface area contributed by atoms with Gasteiger partial charge < -0.3 is 19.5 Å². The summed E-state index contributed by atoms with van der Waals surface area (Å²) in [6.07, 6.45) is 1.84. The second-order valence-electron chi connectivity index (χ2n) is 6.52. The molecule has 1 N–H and O–H groups in total. The van der Waals surface area contributed by atoms with E-state index >= 15 is 0 Å². The summed E-state index contributed by atoms with van der Waals surface area (Å²) in [6, 6.07) is 5.00. The number of aromatic nitrogens is 4. The van der Waals surface area contributed by atoms with E-state index in [4.69, 9.17) is 14.2 Å². The molecule has 1 aromatic carbocycles. The largest absolute Gasteiger partial charge is 0.497 e. The number of thioether (sulfide) groups is 1. The van der Waals surface area contributed by atoms with E-state index in [-0.39, 0.29) is 6.42 Å². The highest BCUT2D eigenvalue weighted by Gasteiger charge is 2.18. The number of fused-ring (bicyclic) bond motifs is 1. The van der Waals surface area contributed by atoms with Crippen LogP contribution in [0, 0.1) is 13.8 Å². The fraction of sp³-hybridized carbons (Fsp3) is 0.350. The molecule has 10 nitrogen and oxygen atoms in total. The number of methoxy groups -OCH3 is 2. The Hall–Kier alpha value is -3.34. The highest BCUT2D eigenvalue weighted by atomic mass is 32.2. The number of nitrogens with zero attached hydrogens (tertiary/aromatic N) is 4. The van der Waals surface area contributed by atoms with Gasteiger partial charge in [0.1, 0.15) is 11.5 Å². The first-order valence-corrected chi connectivity index (χ1v) is 10.5. The van der Waals surface area contributed by atoms with Gasteiger partial charge in [-0.05, 0) is 32.2 Å². The second-order valence-corrected chi connectivity index (χ2v) is 7.30. The van der Waals surface area contributed by atoms with Gasteiger partial charge in [-0.2, -0.15) is 4.98 Å². The summed E-state index contributed by atoms with van der Waals surface area (Å²) in [7, 11) is 3.01. The summed E-state index contributed by atoms with van der Waals surface area (Å²) >= 11 is 1.41. The van der Waals surface area contributed by atoms with E-state index < -0.39 is 18.5 Å². The lowest BCUT2D eigenvalue weighted by Crippen LogP contribution is -2.22. The Morgan fingerprint density at radius 3 is 2.61 bits per heavy atom. The van der Waals surface area contributed by atoms with Crippen LogP contribution in [0.3, 0.4) is 0 Å². The molecule has 0 saturated carbocycles. The van der Waals surface area contributed by atoms with Crippen molar-refractivity contribution in [2.45, 2.75) is 25.4 Å². The number of esters is 1. The van der Waals surface area contributed by atoms with E-state index in [1.165, 1.54) is 26.0 Å². The minimum absolute atomic E-state index is 0.0369. The molecule has 0 saturated heterocycles. The third-order valence-corrected chi connectivity index (χ3v) is 5.12. The summed E-state index contributed by atoms with van der Waals surface area (Å²) < 4.78 is 17.1. The van der Waals surface area contributed by atoms with Crippen molar-refractivity contribution in [1.82, 2.24) is 19.6 Å². The van der Waals surface area contributed by atoms with E-state index in [9.17, 15) is 9.59 Å². The van der Waals surface area contributed by atoms with Crippen molar-refractivity contribution in [1.29, 1.82) is 0 Å². The standard InChI is InChI=1S/C20H23N5O5S/c1-11-14(12(2)25-19(21-11)23-20(24-25)31-5)9-18(27)30-10-17(26)22-15-8-13(28-3)6-7-16(15)29-4/h6-8H,9-10H2,1-5H3,(H,22,26). The van der Waals surface area contributed by atoms with Crippen molar-refractivity contribution in [3.63, 3.8) is 0 Å². The predicted octanol–water partition coefficient (Wildman–Crippen LogP) is 2.20. The van der Waals surface area contributed by atoms with Gasteiger partial charge in [0, 0.05) is 23.0 Å². The Balaban J connectivity index is 1.65. The van der Waals surface area contributed by atoms with E-state index in [1.54, 1.807) is 29.6 Å². The van der Waals surface area contributed by atoms with Gasteiger partial charge in [-0.3, -0.25) is 9.59 Å². The van der Waals surface area contributed by atoms with E-state index in [1.807, 2.05) is 13.2 Å². The van der Waals surface area contributed by atoms with Crippen LogP contribution >= 0.6 is 11.8 Å². The molecule has 0 fully saturated rings. The number of ether oxygens (including phenoxy) is 3. The predicted molar refractivity (Wildman–Crippen MR) is 115 cm³/mol. The molecule has 0 aliphatic carbocycles. The van der Waals surface area contributed by atoms with Crippen LogP contribution in [0.15, 0.2) is 23.4 Å². The molecule has 2 aromatic heterocycles. The first-order valence-electron chi connectivity index (χ1n) is 9.30. The maximum atomic E-state index is 12.4. The Bertz CT molecular complexity index is 1130. The molecule has 164 valence electrons. The molecule has 0 bridgehead atoms. The van der Waals surface area contributed by atoms with Crippen LogP contribution in [0.1, 0.15) is 17.0 Å². The van der Waals surface area contributed by atoms with Gasteiger partial charge in [0.2, 0.25) is 5.16 Å². The monoisotopic (exact) mass is 445 g/mol. The fourth-order valence-electron chi connectivity index (χ4n) is 2.97. The van der Waals surface area contributed by atoms with Gasteiger partial charge in [0.25, 0.3) is 11.7 Å². The summed E-state index contributed by atoms with van der Waals surface area (Å²) in [5, 5.41) is 7.61. The number of carbonyl (C=O) groups is 2. The number of hydrogen-bond donors (Lipinski definition) is 1. The molecule has 0 atom stereocenters. The number of amides is 1. The topological polar surface area (TPSA) is 117 Å². The number of aryl methyl sites for hydroxylation is 2. The quantitative estimate of drug-likeness (QED) is 0.411. The fourth-order valence-corrected chi connectivity index (χ4v) is 3.31. The Morgan fingerprint density at radius 1 is 1.16 bits per heavy atom. The zero-order valence-corrected chi connectivity index (χ0v) is 18.7. The van der Waals surface area contributed by atoms with Crippen molar-refractivity contribution in [2.75, 3.05) is 32.4 Å². The maximum absolute atomic E-state index is 12.4. The summed E-state index contributed by atoms with van der Waals surface area (Å²) in [5.41, 5.74) is 2.51. The average molecular weight is 446 g/mol. The average Bonchev–Trinajstić information content (AvgIpc) is 3.18. The molecule has 3 aromatic rings. The SMILES string of the molecule is COc1ccc(OC)c(NC(=O)COC(=O)Cc2c(C)nc3nc(SC)nn3c2C)c1. The van der Waals surface area contributed by atoms with Crippen LogP contribution in [-0.2, 0) is 20.7 Å². The molecule has 0 spiro atoms. The smallest absolute Gasteiger partial charge is 0.310 e. The Kier molecular flexibility index (Phi) is 6.95. The summed E-state index contributed by atoms with van der Waals surface area (Å²) in [4.78, 5) is 33.4. The van der Waals surface area contributed by atoms with Crippen LogP contribution in [0.5, 0.6) is 11.5 Å². The summed E-state index contributed by atoms with van der Waals surface area (Å²) in [5.74, 6) is 0.444. The number of benzene rings is 1. The van der Waals surface area contributed by atoms with Gasteiger partial charge in [0.05, 0.1) is 26.3 Å². The Labute approximate surface area is 183 Å². The number of hydrogen-bond acceptors (Lipinski definition) is 9. The third kappa shape index (κ3) is 5.05. The van der Waals surface area contributed by atoms with Gasteiger partial charge >= 0.3 is 5.97 Å². The minimum atomic E-state index is -0.551. The zero-order chi connectivity index (χ0) is 22.5. The molecule has 31 heavy (non-hydrogen) atoms. The van der Waals surface area contributed by atoms with Crippen LogP contribution in [0.25, 0.3) is 5.78 Å². The van der Waals surface area contributed by atoms with Crippen molar-refractivity contribution >= 4 is 35.1 Å². The van der Waals surface area contributed by atoms with Gasteiger partial charge in [-0.25, -0.2) is 9.50 Å². The van der Waals surface area contributed by atoms with Crippen LogP contribution < -0.4 is 14.8 Å². The van der Waals surface area contributed by atoms with E-state index in [2.05, 4.69) is 20.4 Å². The first-order chi connectivity index (χ1) is 14.9. The molecular weight excluding hydrogens is 422 g/mol. The van der Waals surface area contributed by atoms with Crippen molar-refractivity contribution in [2.24, 2.45) is 0 Å². The molecule has 11 heteroatoms. The van der Waals surface area contributed by atoms with Crippen LogP contribution in [0.2, 0.25) is 0 Å². The molecule has 0 aliphatic heterocycles. The lowest BCUT2D eigenvalue weighted by Gasteiger charge is -2.12. The highest BCUT2D eigenvalue weighted by Crippen LogP contribution is 2.28. The number of carbonyl (C=O) groups excluding carboxylic acids is 2. The van der Waals surface area contributed by atoms with E-state index in [0.29, 0.717) is 39.4 Å². The van der Waals surface area contributed by atoms with Gasteiger partial charge in [-0.15, -0.1) is 5.10 Å². The molecule has 3 rings (SSSR count). The molecule has 0 aliphatic rings. The number of rotatable bonds is 8. The van der Waals surface area contributed by atoms with Crippen LogP contribution in [0.4, 0.5) is 5.69 Å². The first kappa shape index (κ1) is 22.3. The van der Waals surface area contributed by atoms with Gasteiger partial charge in [0.15, 0.2) is 6.61 Å². The van der Waals surface area contributed by atoms with Crippen molar-refractivity contribution in [3.8, 4) is 11.5 Å². The highest BCUT2D eigenvalue weighted by molar-refractivity contribution is 7.98. The molecular formula is C20H23N5O5S. The Morgan fingerprint density at radius 2 is 1.94 bits per heavy atom. The normalized spacial score (nSPS) is 10.7. The lowest BCUT2D eigenvalue weighted by molar-refractivity contribution is -0.146. The van der Waals surface area contributed by atoms with Gasteiger partial charge in [-0.1, -0.05) is 11.8 Å². The zero-order valence-electron chi connectivity index (χ0n) is 17.9. The summed E-state index contributed by atoms with van der Waals surface area (Å²) in [6.45, 7) is 3.20.